The molecule has 0 unspecified atom stereocenters. The Morgan fingerprint density at radius 2 is 1.67 bits per heavy atom. The second kappa shape index (κ2) is 9.33. The van der Waals surface area contributed by atoms with Gasteiger partial charge >= 0.3 is 12.2 Å². The summed E-state index contributed by atoms with van der Waals surface area (Å²) >= 11 is 3.43. The molecule has 0 atom stereocenters. The van der Waals surface area contributed by atoms with E-state index in [-0.39, 0.29) is 5.82 Å². The summed E-state index contributed by atoms with van der Waals surface area (Å²) in [4.78, 5) is 21.2. The number of nitrogens with one attached hydrogen (secondary N) is 2. The summed E-state index contributed by atoms with van der Waals surface area (Å²) in [6, 6.07) is 10.3. The molecule has 0 aliphatic carbocycles. The third kappa shape index (κ3) is 5.62. The molecule has 7 nitrogen and oxygen atoms in total. The van der Waals surface area contributed by atoms with Crippen molar-refractivity contribution in [3.05, 3.63) is 47.1 Å². The fourth-order valence-electron chi connectivity index (χ4n) is 3.07. The van der Waals surface area contributed by atoms with Gasteiger partial charge in [-0.3, -0.25) is 5.41 Å². The van der Waals surface area contributed by atoms with Crippen molar-refractivity contribution >= 4 is 45.5 Å². The maximum absolute atomic E-state index is 12.3. The number of alkyl halides is 3. The summed E-state index contributed by atoms with van der Waals surface area (Å²) < 4.78 is 37.9. The molecule has 2 heterocycles. The predicted octanol–water partition coefficient (Wildman–Crippen LogP) is 3.86. The van der Waals surface area contributed by atoms with Gasteiger partial charge in [-0.1, -0.05) is 15.9 Å². The van der Waals surface area contributed by atoms with E-state index in [0.717, 1.165) is 46.9 Å². The van der Waals surface area contributed by atoms with Crippen LogP contribution in [0.4, 0.5) is 35.2 Å². The maximum Gasteiger partial charge on any atom is 0.405 e. The highest BCUT2D eigenvalue weighted by molar-refractivity contribution is 9.10. The summed E-state index contributed by atoms with van der Waals surface area (Å²) in [5.74, 6) is 0.0712. The van der Waals surface area contributed by atoms with E-state index in [1.54, 1.807) is 17.6 Å². The third-order valence-electron chi connectivity index (χ3n) is 4.60. The minimum absolute atomic E-state index is 0.0712. The first-order valence-electron chi connectivity index (χ1n) is 9.13. The van der Waals surface area contributed by atoms with Crippen LogP contribution < -0.4 is 20.0 Å². The van der Waals surface area contributed by atoms with Gasteiger partial charge in [0.25, 0.3) is 0 Å². The Bertz CT molecular complexity index is 867. The zero-order valence-electron chi connectivity index (χ0n) is 15.9. The highest BCUT2D eigenvalue weighted by atomic mass is 79.9. The maximum atomic E-state index is 12.3. The Hall–Kier alpha value is -2.82. The van der Waals surface area contributed by atoms with Gasteiger partial charge in [0.05, 0.1) is 18.2 Å². The SMILES string of the molecule is N=CN(C(=O)NCC(F)(F)F)c1ccc(N2CCN(c3ccc(Br)cc3)CC2)cn1. The number of piperazine rings is 1. The van der Waals surface area contributed by atoms with E-state index in [2.05, 4.69) is 42.8 Å². The molecule has 160 valence electrons. The third-order valence-corrected chi connectivity index (χ3v) is 5.13. The Morgan fingerprint density at radius 3 is 2.17 bits per heavy atom. The van der Waals surface area contributed by atoms with Crippen molar-refractivity contribution in [1.29, 1.82) is 5.41 Å². The monoisotopic (exact) mass is 484 g/mol. The van der Waals surface area contributed by atoms with Crippen LogP contribution in [-0.4, -0.2) is 56.3 Å². The molecular weight excluding hydrogens is 465 g/mol. The minimum Gasteiger partial charge on any atom is -0.368 e. The fourth-order valence-corrected chi connectivity index (χ4v) is 3.34. The summed E-state index contributed by atoms with van der Waals surface area (Å²) in [6.07, 6.45) is -2.35. The molecule has 0 bridgehead atoms. The van der Waals surface area contributed by atoms with Crippen LogP contribution in [0.2, 0.25) is 0 Å². The number of rotatable bonds is 5. The Labute approximate surface area is 180 Å². The van der Waals surface area contributed by atoms with Crippen molar-refractivity contribution in [2.75, 3.05) is 47.4 Å². The largest absolute Gasteiger partial charge is 0.405 e. The van der Waals surface area contributed by atoms with Crippen molar-refractivity contribution in [2.24, 2.45) is 0 Å². The number of pyridine rings is 1. The van der Waals surface area contributed by atoms with Crippen LogP contribution in [0.5, 0.6) is 0 Å². The van der Waals surface area contributed by atoms with Gasteiger partial charge in [0, 0.05) is 36.3 Å². The summed E-state index contributed by atoms with van der Waals surface area (Å²) in [5, 5.41) is 9.05. The molecule has 30 heavy (non-hydrogen) atoms. The molecule has 11 heteroatoms. The van der Waals surface area contributed by atoms with Gasteiger partial charge in [-0.05, 0) is 36.4 Å². The normalized spacial score (nSPS) is 14.4. The number of hydrogen-bond donors (Lipinski definition) is 2. The first-order valence-corrected chi connectivity index (χ1v) is 9.92. The predicted molar refractivity (Wildman–Crippen MR) is 114 cm³/mol. The molecule has 2 aromatic rings. The van der Waals surface area contributed by atoms with Gasteiger partial charge in [-0.2, -0.15) is 13.2 Å². The second-order valence-corrected chi connectivity index (χ2v) is 7.51. The molecule has 1 fully saturated rings. The van der Waals surface area contributed by atoms with Crippen LogP contribution in [0.25, 0.3) is 0 Å². The van der Waals surface area contributed by atoms with Crippen LogP contribution in [0, 0.1) is 5.41 Å². The number of urea groups is 1. The van der Waals surface area contributed by atoms with E-state index in [0.29, 0.717) is 6.34 Å². The molecule has 1 aliphatic heterocycles. The summed E-state index contributed by atoms with van der Waals surface area (Å²) in [6.45, 7) is 1.73. The standard InChI is InChI=1S/C19H20BrF3N6O/c20-14-1-3-15(4-2-14)27-7-9-28(10-8-27)16-5-6-17(25-11-16)29(13-24)18(30)26-12-19(21,22)23/h1-6,11,13,24H,7-10,12H2,(H,26,30). The van der Waals surface area contributed by atoms with E-state index in [1.807, 2.05) is 12.1 Å². The lowest BCUT2D eigenvalue weighted by Crippen LogP contribution is -2.46. The number of nitrogens with zero attached hydrogens (tertiary/aromatic N) is 4. The molecule has 2 N–H and O–H groups in total. The van der Waals surface area contributed by atoms with E-state index in [9.17, 15) is 18.0 Å². The van der Waals surface area contributed by atoms with Gasteiger partial charge in [0.1, 0.15) is 12.4 Å². The van der Waals surface area contributed by atoms with E-state index >= 15 is 0 Å². The Kier molecular flexibility index (Phi) is 6.80. The van der Waals surface area contributed by atoms with Crippen molar-refractivity contribution in [3.8, 4) is 0 Å². The molecule has 1 aromatic carbocycles. The van der Waals surface area contributed by atoms with Gasteiger partial charge in [-0.15, -0.1) is 0 Å². The summed E-state index contributed by atoms with van der Waals surface area (Å²) in [7, 11) is 0. The zero-order valence-corrected chi connectivity index (χ0v) is 17.4. The van der Waals surface area contributed by atoms with Crippen LogP contribution in [0.1, 0.15) is 0 Å². The lowest BCUT2D eigenvalue weighted by atomic mass is 10.2. The topological polar surface area (TPSA) is 75.6 Å². The average Bonchev–Trinajstić information content (AvgIpc) is 2.73. The zero-order chi connectivity index (χ0) is 21.7. The van der Waals surface area contributed by atoms with Crippen LogP contribution in [-0.2, 0) is 0 Å². The summed E-state index contributed by atoms with van der Waals surface area (Å²) in [5.41, 5.74) is 1.99. The molecule has 0 saturated carbocycles. The van der Waals surface area contributed by atoms with E-state index < -0.39 is 18.8 Å². The van der Waals surface area contributed by atoms with Gasteiger partial charge < -0.3 is 15.1 Å². The highest BCUT2D eigenvalue weighted by Crippen LogP contribution is 2.23. The van der Waals surface area contributed by atoms with Crippen LogP contribution in [0.3, 0.4) is 0 Å². The van der Waals surface area contributed by atoms with Gasteiger partial charge in [-0.25, -0.2) is 14.7 Å². The molecule has 0 spiro atoms. The highest BCUT2D eigenvalue weighted by Gasteiger charge is 2.29. The first-order chi connectivity index (χ1) is 14.3. The Balaban J connectivity index is 1.59. The number of hydrogen-bond acceptors (Lipinski definition) is 5. The van der Waals surface area contributed by atoms with E-state index in [4.69, 9.17) is 5.41 Å². The number of carbonyl (C=O) groups excluding carboxylic acids is 1. The first kappa shape index (κ1) is 21.9. The van der Waals surface area contributed by atoms with Crippen molar-refractivity contribution in [3.63, 3.8) is 0 Å². The molecule has 3 rings (SSSR count). The number of anilines is 3. The molecule has 1 aliphatic rings. The molecular formula is C19H20BrF3N6O. The van der Waals surface area contributed by atoms with Crippen LogP contribution >= 0.6 is 15.9 Å². The molecule has 1 aromatic heterocycles. The molecule has 0 radical (unpaired) electrons. The average molecular weight is 485 g/mol. The number of amides is 2. The van der Waals surface area contributed by atoms with Gasteiger partial charge in [0.2, 0.25) is 0 Å². The number of halogens is 4. The quantitative estimate of drug-likeness (QED) is 0.499. The number of carbonyl (C=O) groups is 1. The lowest BCUT2D eigenvalue weighted by molar-refractivity contribution is -0.122. The molecule has 1 saturated heterocycles. The number of benzene rings is 1. The number of aromatic nitrogens is 1. The van der Waals surface area contributed by atoms with Crippen molar-refractivity contribution in [1.82, 2.24) is 10.3 Å². The fraction of sp³-hybridized carbons (Fsp3) is 0.316. The second-order valence-electron chi connectivity index (χ2n) is 6.60. The smallest absolute Gasteiger partial charge is 0.368 e. The van der Waals surface area contributed by atoms with Crippen LogP contribution in [0.15, 0.2) is 47.1 Å². The molecule has 2 amide bonds. The van der Waals surface area contributed by atoms with Crippen molar-refractivity contribution < 1.29 is 18.0 Å². The lowest BCUT2D eigenvalue weighted by Gasteiger charge is -2.37. The van der Waals surface area contributed by atoms with Crippen molar-refractivity contribution in [2.45, 2.75) is 6.18 Å². The Morgan fingerprint density at radius 1 is 1.10 bits per heavy atom. The minimum atomic E-state index is -4.53. The van der Waals surface area contributed by atoms with E-state index in [1.165, 1.54) is 6.07 Å². The van der Waals surface area contributed by atoms with Gasteiger partial charge in [0.15, 0.2) is 0 Å².